The standard InChI is InChI=1S/C22H16Br2N4O2S/c1-2-3-10-27-16-9-8-14(24)11-15(16)17(20(27)29)18-21(30)28-22(31-18)25-19(26-28)12-4-6-13(23)7-5-12/h4-9,11H,2-3,10H2,1H3. The van der Waals surface area contributed by atoms with E-state index in [2.05, 4.69) is 48.9 Å². The highest BCUT2D eigenvalue weighted by Gasteiger charge is 2.34. The van der Waals surface area contributed by atoms with Gasteiger partial charge in [0.15, 0.2) is 5.82 Å². The summed E-state index contributed by atoms with van der Waals surface area (Å²) < 4.78 is 3.49. The number of nitrogens with zero attached hydrogens (tertiary/aromatic N) is 4. The van der Waals surface area contributed by atoms with Crippen LogP contribution in [-0.4, -0.2) is 27.0 Å². The number of fused-ring (bicyclic) bond motifs is 2. The van der Waals surface area contributed by atoms with Crippen molar-refractivity contribution in [2.45, 2.75) is 19.8 Å². The fourth-order valence-electron chi connectivity index (χ4n) is 3.67. The fraction of sp³-hybridized carbons (Fsp3) is 0.182. The van der Waals surface area contributed by atoms with Crippen LogP contribution in [0.2, 0.25) is 0 Å². The molecule has 156 valence electrons. The van der Waals surface area contributed by atoms with E-state index in [0.29, 0.717) is 27.4 Å². The second-order valence-electron chi connectivity index (χ2n) is 7.22. The van der Waals surface area contributed by atoms with Gasteiger partial charge >= 0.3 is 0 Å². The smallest absolute Gasteiger partial charge is 0.291 e. The van der Waals surface area contributed by atoms with Crippen LogP contribution in [0.1, 0.15) is 25.3 Å². The molecule has 5 rings (SSSR count). The van der Waals surface area contributed by atoms with Crippen LogP contribution in [0.4, 0.5) is 5.69 Å². The highest BCUT2D eigenvalue weighted by Crippen LogP contribution is 2.37. The van der Waals surface area contributed by atoms with Gasteiger partial charge in [-0.2, -0.15) is 9.50 Å². The van der Waals surface area contributed by atoms with Crippen LogP contribution in [0, 0.1) is 0 Å². The molecule has 0 bridgehead atoms. The third-order valence-electron chi connectivity index (χ3n) is 5.20. The maximum atomic E-state index is 13.3. The summed E-state index contributed by atoms with van der Waals surface area (Å²) in [6.07, 6.45) is 1.87. The van der Waals surface area contributed by atoms with Crippen LogP contribution in [-0.2, 0) is 4.79 Å². The van der Waals surface area contributed by atoms with Gasteiger partial charge in [-0.05, 0) is 36.8 Å². The van der Waals surface area contributed by atoms with Crippen molar-refractivity contribution in [1.29, 1.82) is 0 Å². The average Bonchev–Trinajstić information content (AvgIpc) is 3.38. The number of aromatic nitrogens is 3. The Morgan fingerprint density at radius 3 is 2.48 bits per heavy atom. The van der Waals surface area contributed by atoms with Gasteiger partial charge in [-0.1, -0.05) is 68.7 Å². The van der Waals surface area contributed by atoms with Crippen LogP contribution in [0.25, 0.3) is 21.9 Å². The molecule has 3 heterocycles. The lowest BCUT2D eigenvalue weighted by atomic mass is 10.1. The molecule has 2 aromatic carbocycles. The highest BCUT2D eigenvalue weighted by molar-refractivity contribution is 9.10. The Morgan fingerprint density at radius 1 is 1.03 bits per heavy atom. The lowest BCUT2D eigenvalue weighted by Crippen LogP contribution is -2.33. The van der Waals surface area contributed by atoms with Crippen LogP contribution in [0.5, 0.6) is 0 Å². The predicted octanol–water partition coefficient (Wildman–Crippen LogP) is 4.41. The number of carbonyl (C=O) groups excluding carboxylic acids is 1. The number of carbonyl (C=O) groups is 1. The van der Waals surface area contributed by atoms with Gasteiger partial charge in [0, 0.05) is 26.6 Å². The van der Waals surface area contributed by atoms with E-state index in [1.807, 2.05) is 42.5 Å². The molecule has 0 aliphatic carbocycles. The molecular weight excluding hydrogens is 544 g/mol. The van der Waals surface area contributed by atoms with Gasteiger partial charge in [0.1, 0.15) is 4.53 Å². The summed E-state index contributed by atoms with van der Waals surface area (Å²) in [5, 5.41) is 4.41. The lowest BCUT2D eigenvalue weighted by Gasteiger charge is -2.16. The number of rotatable bonds is 4. The number of amides is 1. The second kappa shape index (κ2) is 7.96. The first-order chi connectivity index (χ1) is 15.0. The summed E-state index contributed by atoms with van der Waals surface area (Å²) in [4.78, 5) is 33.4. The molecule has 4 aromatic rings. The molecular formula is C22H16Br2N4O2S. The molecule has 31 heavy (non-hydrogen) atoms. The molecule has 0 fully saturated rings. The van der Waals surface area contributed by atoms with E-state index in [1.54, 1.807) is 4.90 Å². The number of anilines is 1. The first-order valence-electron chi connectivity index (χ1n) is 9.79. The molecule has 0 atom stereocenters. The van der Waals surface area contributed by atoms with Crippen molar-refractivity contribution in [3.05, 3.63) is 71.9 Å². The van der Waals surface area contributed by atoms with E-state index in [1.165, 1.54) is 15.9 Å². The molecule has 0 N–H and O–H groups in total. The van der Waals surface area contributed by atoms with Crippen LogP contribution < -0.4 is 15.0 Å². The van der Waals surface area contributed by atoms with Crippen molar-refractivity contribution in [1.82, 2.24) is 14.6 Å². The van der Waals surface area contributed by atoms with E-state index in [0.717, 1.165) is 38.6 Å². The summed E-state index contributed by atoms with van der Waals surface area (Å²) in [6, 6.07) is 13.3. The maximum absolute atomic E-state index is 13.3. The molecule has 9 heteroatoms. The van der Waals surface area contributed by atoms with E-state index in [-0.39, 0.29) is 11.5 Å². The Hall–Kier alpha value is -2.36. The van der Waals surface area contributed by atoms with Crippen molar-refractivity contribution in [2.75, 3.05) is 11.4 Å². The van der Waals surface area contributed by atoms with Gasteiger partial charge in [0.05, 0.1) is 11.3 Å². The Labute approximate surface area is 198 Å². The summed E-state index contributed by atoms with van der Waals surface area (Å²) >= 11 is 8.11. The lowest BCUT2D eigenvalue weighted by molar-refractivity contribution is -0.113. The third-order valence-corrected chi connectivity index (χ3v) is 7.25. The molecule has 0 saturated carbocycles. The molecule has 6 nitrogen and oxygen atoms in total. The van der Waals surface area contributed by atoms with Crippen LogP contribution in [0.15, 0.2) is 56.2 Å². The number of unbranched alkanes of at least 4 members (excludes halogenated alkanes) is 1. The Kier molecular flexibility index (Phi) is 5.27. The minimum absolute atomic E-state index is 0.142. The Bertz CT molecular complexity index is 1440. The summed E-state index contributed by atoms with van der Waals surface area (Å²) in [5.41, 5.74) is 2.54. The third kappa shape index (κ3) is 3.44. The van der Waals surface area contributed by atoms with Crippen molar-refractivity contribution in [2.24, 2.45) is 0 Å². The van der Waals surface area contributed by atoms with E-state index < -0.39 is 0 Å². The van der Waals surface area contributed by atoms with Gasteiger partial charge in [-0.3, -0.25) is 9.59 Å². The maximum Gasteiger partial charge on any atom is 0.291 e. The van der Waals surface area contributed by atoms with Crippen molar-refractivity contribution >= 4 is 65.3 Å². The molecule has 1 amide bonds. The predicted molar refractivity (Wildman–Crippen MR) is 129 cm³/mol. The van der Waals surface area contributed by atoms with Crippen molar-refractivity contribution < 1.29 is 4.79 Å². The normalized spacial score (nSPS) is 15.2. The fourth-order valence-corrected chi connectivity index (χ4v) is 5.29. The topological polar surface area (TPSA) is 67.6 Å². The summed E-state index contributed by atoms with van der Waals surface area (Å²) in [5.74, 6) is 0.342. The highest BCUT2D eigenvalue weighted by atomic mass is 79.9. The molecule has 2 aromatic heterocycles. The first-order valence-corrected chi connectivity index (χ1v) is 12.2. The van der Waals surface area contributed by atoms with Gasteiger partial charge in [0.25, 0.3) is 11.5 Å². The van der Waals surface area contributed by atoms with Gasteiger partial charge in [-0.25, -0.2) is 0 Å². The van der Waals surface area contributed by atoms with Crippen molar-refractivity contribution in [3.8, 4) is 11.4 Å². The van der Waals surface area contributed by atoms with Gasteiger partial charge in [-0.15, -0.1) is 5.10 Å². The first kappa shape index (κ1) is 20.5. The molecule has 0 spiro atoms. The zero-order valence-electron chi connectivity index (χ0n) is 16.4. The number of halogens is 2. The molecule has 1 aliphatic heterocycles. The number of benzene rings is 2. The number of hydrogen-bond acceptors (Lipinski definition) is 5. The zero-order chi connectivity index (χ0) is 21.7. The molecule has 1 aliphatic rings. The van der Waals surface area contributed by atoms with E-state index in [4.69, 9.17) is 0 Å². The molecule has 0 saturated heterocycles. The van der Waals surface area contributed by atoms with Gasteiger partial charge < -0.3 is 4.90 Å². The summed E-state index contributed by atoms with van der Waals surface area (Å²) in [6.45, 7) is 2.71. The molecule has 0 unspecified atom stereocenters. The molecule has 0 radical (unpaired) electrons. The number of hydrogen-bond donors (Lipinski definition) is 0. The zero-order valence-corrected chi connectivity index (χ0v) is 20.4. The van der Waals surface area contributed by atoms with Crippen LogP contribution >= 0.6 is 43.2 Å². The average molecular weight is 560 g/mol. The Balaban J connectivity index is 1.69. The van der Waals surface area contributed by atoms with Gasteiger partial charge in [0.2, 0.25) is 4.96 Å². The SMILES string of the molecule is CCCCN1C(=O)C(=c2sc3nc(-c4ccc(Br)cc4)nn3c2=O)c2cc(Br)ccc21. The monoisotopic (exact) mass is 558 g/mol. The van der Waals surface area contributed by atoms with Crippen molar-refractivity contribution in [3.63, 3.8) is 0 Å². The Morgan fingerprint density at radius 2 is 1.77 bits per heavy atom. The summed E-state index contributed by atoms with van der Waals surface area (Å²) in [7, 11) is 0. The second-order valence-corrected chi connectivity index (χ2v) is 10.0. The minimum Gasteiger partial charge on any atom is -0.308 e. The van der Waals surface area contributed by atoms with Crippen LogP contribution in [0.3, 0.4) is 0 Å². The largest absolute Gasteiger partial charge is 0.308 e. The van der Waals surface area contributed by atoms with E-state index in [9.17, 15) is 9.59 Å². The quantitative estimate of drug-likeness (QED) is 0.371. The number of thiazole rings is 1. The van der Waals surface area contributed by atoms with E-state index >= 15 is 0 Å². The minimum atomic E-state index is -0.317.